The molecule has 228 valence electrons. The van der Waals surface area contributed by atoms with E-state index in [1.165, 1.54) is 73.4 Å². The van der Waals surface area contributed by atoms with Crippen LogP contribution in [0.25, 0.3) is 60.1 Å². The van der Waals surface area contributed by atoms with Crippen LogP contribution in [-0.4, -0.2) is 10.6 Å². The fourth-order valence-electron chi connectivity index (χ4n) is 8.28. The number of halogens is 3. The van der Waals surface area contributed by atoms with Crippen LogP contribution in [0, 0.1) is 12.3 Å². The van der Waals surface area contributed by atoms with Crippen molar-refractivity contribution in [3.05, 3.63) is 95.7 Å². The van der Waals surface area contributed by atoms with Crippen LogP contribution in [0.1, 0.15) is 68.6 Å². The topological polar surface area (TPSA) is 8.29 Å². The minimum atomic E-state index is -4.30. The summed E-state index contributed by atoms with van der Waals surface area (Å²) in [5.74, 6) is 0.543. The van der Waals surface area contributed by atoms with Crippen LogP contribution in [0.5, 0.6) is 0 Å². The molecular formula is C40H38F3N2+. The average Bonchev–Trinajstić information content (AvgIpc) is 3.54. The van der Waals surface area contributed by atoms with Gasteiger partial charge in [0.15, 0.2) is 6.20 Å². The summed E-state index contributed by atoms with van der Waals surface area (Å²) in [7, 11) is 2.12. The third kappa shape index (κ3) is 4.12. The van der Waals surface area contributed by atoms with E-state index in [2.05, 4.69) is 83.7 Å². The van der Waals surface area contributed by atoms with Crippen molar-refractivity contribution in [2.45, 2.75) is 71.4 Å². The van der Waals surface area contributed by atoms with Gasteiger partial charge in [0.1, 0.15) is 12.6 Å². The predicted octanol–water partition coefficient (Wildman–Crippen LogP) is 11.0. The van der Waals surface area contributed by atoms with Gasteiger partial charge in [0.05, 0.1) is 22.0 Å². The van der Waals surface area contributed by atoms with Gasteiger partial charge in [0.25, 0.3) is 0 Å². The second kappa shape index (κ2) is 9.94. The van der Waals surface area contributed by atoms with Crippen molar-refractivity contribution in [3.63, 3.8) is 0 Å². The van der Waals surface area contributed by atoms with Crippen LogP contribution in [0.15, 0.2) is 79.0 Å². The number of aryl methyl sites for hydroxylation is 2. The van der Waals surface area contributed by atoms with Gasteiger partial charge in [-0.1, -0.05) is 87.7 Å². The van der Waals surface area contributed by atoms with Crippen molar-refractivity contribution >= 4 is 48.9 Å². The van der Waals surface area contributed by atoms with Crippen molar-refractivity contribution in [1.82, 2.24) is 4.40 Å². The average molecular weight is 604 g/mol. The number of hydrogen-bond donors (Lipinski definition) is 0. The molecule has 4 aromatic carbocycles. The van der Waals surface area contributed by atoms with E-state index in [9.17, 15) is 13.2 Å². The molecular weight excluding hydrogens is 565 g/mol. The Bertz CT molecular complexity index is 2260. The van der Waals surface area contributed by atoms with Crippen molar-refractivity contribution in [2.75, 3.05) is 0 Å². The Kier molecular flexibility index (Phi) is 6.26. The molecule has 0 aliphatic heterocycles. The van der Waals surface area contributed by atoms with Crippen LogP contribution in [-0.2, 0) is 13.5 Å². The van der Waals surface area contributed by atoms with Crippen LogP contribution >= 0.6 is 0 Å². The first-order valence-corrected chi connectivity index (χ1v) is 16.2. The van der Waals surface area contributed by atoms with E-state index in [1.54, 1.807) is 0 Å². The molecule has 0 amide bonds. The van der Waals surface area contributed by atoms with Crippen LogP contribution in [0.4, 0.5) is 13.2 Å². The number of para-hydroxylation sites is 1. The zero-order valence-electron chi connectivity index (χ0n) is 26.4. The van der Waals surface area contributed by atoms with Crippen LogP contribution in [0.3, 0.4) is 0 Å². The molecule has 0 unspecified atom stereocenters. The molecule has 8 rings (SSSR count). The quantitative estimate of drug-likeness (QED) is 0.177. The summed E-state index contributed by atoms with van der Waals surface area (Å²) < 4.78 is 47.0. The number of fused-ring (bicyclic) bond motifs is 7. The Morgan fingerprint density at radius 1 is 0.778 bits per heavy atom. The van der Waals surface area contributed by atoms with Gasteiger partial charge in [0, 0.05) is 27.6 Å². The fourth-order valence-corrected chi connectivity index (χ4v) is 8.28. The molecule has 1 aliphatic rings. The highest BCUT2D eigenvalue weighted by Gasteiger charge is 2.47. The van der Waals surface area contributed by atoms with Crippen molar-refractivity contribution < 1.29 is 17.7 Å². The minimum Gasteiger partial charge on any atom is -0.302 e. The molecule has 0 atom stereocenters. The Hall–Kier alpha value is -4.12. The van der Waals surface area contributed by atoms with Gasteiger partial charge in [-0.3, -0.25) is 0 Å². The molecule has 3 heterocycles. The Morgan fingerprint density at radius 2 is 1.44 bits per heavy atom. The summed E-state index contributed by atoms with van der Waals surface area (Å²) in [4.78, 5) is 0. The van der Waals surface area contributed by atoms with Gasteiger partial charge in [-0.15, -0.1) is 0 Å². The lowest BCUT2D eigenvalue weighted by Crippen LogP contribution is -2.34. The molecule has 0 saturated heterocycles. The van der Waals surface area contributed by atoms with E-state index in [1.807, 2.05) is 18.2 Å². The molecule has 0 N–H and O–H groups in total. The summed E-state index contributed by atoms with van der Waals surface area (Å²) in [6, 6.07) is 25.7. The van der Waals surface area contributed by atoms with Gasteiger partial charge < -0.3 is 4.40 Å². The van der Waals surface area contributed by atoms with E-state index >= 15 is 0 Å². The molecule has 1 fully saturated rings. The maximum Gasteiger partial charge on any atom is 0.394 e. The molecule has 3 aromatic heterocycles. The SMILES string of the molecule is Cc1c(-c2c3c(cc[n+]2C)c2ccc(CC(C)(C)C(F)(F)F)c4c5ccccc5n3c24)cc(C2CCCCC2)c2ccccc12. The smallest absolute Gasteiger partial charge is 0.302 e. The molecule has 5 heteroatoms. The number of hydrogen-bond acceptors (Lipinski definition) is 0. The molecule has 7 aromatic rings. The van der Waals surface area contributed by atoms with E-state index in [0.717, 1.165) is 49.4 Å². The first-order chi connectivity index (χ1) is 21.6. The first-order valence-electron chi connectivity index (χ1n) is 16.2. The molecule has 2 nitrogen and oxygen atoms in total. The Labute approximate surface area is 261 Å². The van der Waals surface area contributed by atoms with Crippen molar-refractivity contribution in [1.29, 1.82) is 0 Å². The van der Waals surface area contributed by atoms with Gasteiger partial charge in [-0.25, -0.2) is 0 Å². The predicted molar refractivity (Wildman–Crippen MR) is 179 cm³/mol. The lowest BCUT2D eigenvalue weighted by atomic mass is 9.80. The highest BCUT2D eigenvalue weighted by atomic mass is 19.4. The van der Waals surface area contributed by atoms with Crippen LogP contribution in [0.2, 0.25) is 0 Å². The van der Waals surface area contributed by atoms with Crippen molar-refractivity contribution in [2.24, 2.45) is 12.5 Å². The lowest BCUT2D eigenvalue weighted by molar-refractivity contribution is -0.659. The Morgan fingerprint density at radius 3 is 2.18 bits per heavy atom. The number of aromatic nitrogens is 2. The number of benzene rings is 4. The molecule has 1 aliphatic carbocycles. The molecule has 1 saturated carbocycles. The van der Waals surface area contributed by atoms with E-state index in [4.69, 9.17) is 0 Å². The molecule has 0 radical (unpaired) electrons. The molecule has 0 bridgehead atoms. The van der Waals surface area contributed by atoms with E-state index < -0.39 is 11.6 Å². The summed E-state index contributed by atoms with van der Waals surface area (Å²) >= 11 is 0. The summed E-state index contributed by atoms with van der Waals surface area (Å²) in [6.07, 6.45) is 4.06. The normalized spacial score (nSPS) is 15.4. The zero-order valence-corrected chi connectivity index (χ0v) is 26.4. The summed E-state index contributed by atoms with van der Waals surface area (Å²) in [6.45, 7) is 4.86. The van der Waals surface area contributed by atoms with Crippen LogP contribution < -0.4 is 4.57 Å². The van der Waals surface area contributed by atoms with E-state index in [-0.39, 0.29) is 6.42 Å². The monoisotopic (exact) mass is 603 g/mol. The minimum absolute atomic E-state index is 0.0766. The third-order valence-electron chi connectivity index (χ3n) is 10.8. The summed E-state index contributed by atoms with van der Waals surface area (Å²) in [5, 5.41) is 6.80. The van der Waals surface area contributed by atoms with Crippen molar-refractivity contribution in [3.8, 4) is 11.3 Å². The highest BCUT2D eigenvalue weighted by molar-refractivity contribution is 6.25. The fraction of sp³-hybridized carbons (Fsp3) is 0.325. The third-order valence-corrected chi connectivity index (χ3v) is 10.8. The first kappa shape index (κ1) is 28.4. The Balaban J connectivity index is 1.49. The molecule has 45 heavy (non-hydrogen) atoms. The van der Waals surface area contributed by atoms with Gasteiger partial charge >= 0.3 is 6.18 Å². The zero-order chi connectivity index (χ0) is 31.2. The number of pyridine rings is 1. The second-order valence-electron chi connectivity index (χ2n) is 14.0. The molecule has 0 spiro atoms. The maximum absolute atomic E-state index is 14.1. The van der Waals surface area contributed by atoms with Gasteiger partial charge in [-0.2, -0.15) is 17.7 Å². The maximum atomic E-state index is 14.1. The second-order valence-corrected chi connectivity index (χ2v) is 14.0. The number of nitrogens with zero attached hydrogens (tertiary/aromatic N) is 2. The summed E-state index contributed by atoms with van der Waals surface area (Å²) in [5.41, 5.74) is 7.12. The standard InChI is InChI=1S/C40H38F3N2/c1-24-27-14-8-9-15-28(27)33(25-12-6-5-7-13-25)22-32(24)37-38-30(20-21-44(37)4)29-19-18-26(23-39(2,3)40(41,42)43)35-31-16-10-11-17-34(31)45(38)36(29)35/h8-11,14-22,25H,5-7,12-13,23H2,1-4H3/q+1. The number of alkyl halides is 3. The lowest BCUT2D eigenvalue weighted by Gasteiger charge is -2.28. The highest BCUT2D eigenvalue weighted by Crippen LogP contribution is 2.47. The van der Waals surface area contributed by atoms with E-state index in [0.29, 0.717) is 5.92 Å². The number of rotatable bonds is 4. The van der Waals surface area contributed by atoms with Gasteiger partial charge in [0.2, 0.25) is 5.69 Å². The largest absolute Gasteiger partial charge is 0.394 e. The van der Waals surface area contributed by atoms with Gasteiger partial charge in [-0.05, 0) is 71.7 Å².